The van der Waals surface area contributed by atoms with Gasteiger partial charge in [0.05, 0.1) is 0 Å². The first-order valence-corrected chi connectivity index (χ1v) is 6.52. The van der Waals surface area contributed by atoms with Gasteiger partial charge >= 0.3 is 0 Å². The van der Waals surface area contributed by atoms with Crippen LogP contribution in [-0.2, 0) is 4.79 Å². The normalized spacial score (nSPS) is 12.6. The Kier molecular flexibility index (Phi) is 3.74. The number of anilines is 1. The number of hydrogen-bond donors (Lipinski definition) is 1. The molecule has 1 unspecified atom stereocenters. The van der Waals surface area contributed by atoms with Crippen LogP contribution in [0.3, 0.4) is 0 Å². The van der Waals surface area contributed by atoms with Crippen LogP contribution in [0.4, 0.5) is 5.69 Å². The molecule has 3 nitrogen and oxygen atoms in total. The molecule has 0 radical (unpaired) electrons. The van der Waals surface area contributed by atoms with Crippen molar-refractivity contribution >= 4 is 22.4 Å². The molecule has 0 aliphatic carbocycles. The summed E-state index contributed by atoms with van der Waals surface area (Å²) in [5, 5.41) is 2.30. The molecule has 0 aliphatic heterocycles. The lowest BCUT2D eigenvalue weighted by Crippen LogP contribution is -2.46. The number of benzene rings is 2. The van der Waals surface area contributed by atoms with Crippen LogP contribution in [0.5, 0.6) is 0 Å². The lowest BCUT2D eigenvalue weighted by atomic mass is 10.00. The number of fused-ring (bicyclic) bond motifs is 1. The highest BCUT2D eigenvalue weighted by Crippen LogP contribution is 2.28. The van der Waals surface area contributed by atoms with Crippen LogP contribution in [0.25, 0.3) is 10.8 Å². The maximum Gasteiger partial charge on any atom is 0.240 e. The van der Waals surface area contributed by atoms with Crippen molar-refractivity contribution in [3.05, 3.63) is 42.5 Å². The van der Waals surface area contributed by atoms with E-state index in [0.29, 0.717) is 0 Å². The van der Waals surface area contributed by atoms with E-state index in [4.69, 9.17) is 5.73 Å². The third kappa shape index (κ3) is 2.55. The van der Waals surface area contributed by atoms with E-state index in [9.17, 15) is 4.79 Å². The van der Waals surface area contributed by atoms with Crippen molar-refractivity contribution in [1.82, 2.24) is 0 Å². The van der Waals surface area contributed by atoms with E-state index in [1.165, 1.54) is 5.39 Å². The molecule has 0 saturated carbocycles. The van der Waals surface area contributed by atoms with Gasteiger partial charge in [-0.1, -0.05) is 50.2 Å². The van der Waals surface area contributed by atoms with Gasteiger partial charge in [0.25, 0.3) is 0 Å². The van der Waals surface area contributed by atoms with Crippen molar-refractivity contribution in [2.75, 3.05) is 11.9 Å². The van der Waals surface area contributed by atoms with Gasteiger partial charge in [-0.3, -0.25) is 4.79 Å². The Balaban J connectivity index is 2.51. The number of nitrogens with zero attached hydrogens (tertiary/aromatic N) is 1. The monoisotopic (exact) mass is 256 g/mol. The standard InChI is InChI=1S/C16H20N2O/c1-11(2)15(16(17)19)18(3)14-10-6-8-12-7-4-5-9-13(12)14/h4-11,15H,1-3H3,(H2,17,19). The van der Waals surface area contributed by atoms with Crippen molar-refractivity contribution in [2.24, 2.45) is 11.7 Å². The molecule has 2 rings (SSSR count). The molecule has 1 amide bonds. The lowest BCUT2D eigenvalue weighted by molar-refractivity contribution is -0.120. The molecule has 100 valence electrons. The molecule has 19 heavy (non-hydrogen) atoms. The highest BCUT2D eigenvalue weighted by Gasteiger charge is 2.25. The molecule has 0 heterocycles. The Morgan fingerprint density at radius 2 is 1.74 bits per heavy atom. The smallest absolute Gasteiger partial charge is 0.240 e. The maximum absolute atomic E-state index is 11.7. The number of carbonyl (C=O) groups is 1. The fourth-order valence-corrected chi connectivity index (χ4v) is 2.63. The molecule has 2 aromatic carbocycles. The van der Waals surface area contributed by atoms with Gasteiger partial charge in [0, 0.05) is 18.1 Å². The van der Waals surface area contributed by atoms with E-state index in [1.54, 1.807) is 0 Å². The summed E-state index contributed by atoms with van der Waals surface area (Å²) in [6.45, 7) is 4.02. The summed E-state index contributed by atoms with van der Waals surface area (Å²) in [4.78, 5) is 13.7. The summed E-state index contributed by atoms with van der Waals surface area (Å²) in [7, 11) is 1.93. The summed E-state index contributed by atoms with van der Waals surface area (Å²) in [5.74, 6) is -0.119. The van der Waals surface area contributed by atoms with E-state index in [1.807, 2.05) is 50.1 Å². The van der Waals surface area contributed by atoms with Crippen LogP contribution >= 0.6 is 0 Å². The molecule has 0 fully saturated rings. The molecule has 0 aromatic heterocycles. The second kappa shape index (κ2) is 5.31. The summed E-state index contributed by atoms with van der Waals surface area (Å²) < 4.78 is 0. The molecular weight excluding hydrogens is 236 g/mol. The fraction of sp³-hybridized carbons (Fsp3) is 0.312. The second-order valence-electron chi connectivity index (χ2n) is 5.20. The highest BCUT2D eigenvalue weighted by molar-refractivity contribution is 5.96. The molecular formula is C16H20N2O. The summed E-state index contributed by atoms with van der Waals surface area (Å²) in [6, 6.07) is 14.0. The first kappa shape index (κ1) is 13.4. The molecule has 2 aromatic rings. The van der Waals surface area contributed by atoms with Gasteiger partial charge in [-0.15, -0.1) is 0 Å². The van der Waals surface area contributed by atoms with Gasteiger partial charge in [0.2, 0.25) is 5.91 Å². The first-order valence-electron chi connectivity index (χ1n) is 6.52. The second-order valence-corrected chi connectivity index (χ2v) is 5.20. The average molecular weight is 256 g/mol. The van der Waals surface area contributed by atoms with Crippen LogP contribution in [0.2, 0.25) is 0 Å². The zero-order chi connectivity index (χ0) is 14.0. The molecule has 0 spiro atoms. The Bertz CT molecular complexity index is 587. The Labute approximate surface area is 114 Å². The van der Waals surface area contributed by atoms with E-state index in [-0.39, 0.29) is 17.9 Å². The topological polar surface area (TPSA) is 46.3 Å². The van der Waals surface area contributed by atoms with Crippen molar-refractivity contribution in [3.8, 4) is 0 Å². The van der Waals surface area contributed by atoms with Crippen molar-refractivity contribution in [3.63, 3.8) is 0 Å². The number of hydrogen-bond acceptors (Lipinski definition) is 2. The molecule has 2 N–H and O–H groups in total. The summed E-state index contributed by atoms with van der Waals surface area (Å²) >= 11 is 0. The van der Waals surface area contributed by atoms with E-state index in [0.717, 1.165) is 11.1 Å². The largest absolute Gasteiger partial charge is 0.368 e. The zero-order valence-corrected chi connectivity index (χ0v) is 11.6. The summed E-state index contributed by atoms with van der Waals surface area (Å²) in [6.07, 6.45) is 0. The minimum absolute atomic E-state index is 0.168. The van der Waals surface area contributed by atoms with Gasteiger partial charge in [-0.25, -0.2) is 0 Å². The number of nitrogens with two attached hydrogens (primary N) is 1. The number of rotatable bonds is 4. The molecule has 0 aliphatic rings. The lowest BCUT2D eigenvalue weighted by Gasteiger charge is -2.31. The zero-order valence-electron chi connectivity index (χ0n) is 11.6. The summed E-state index contributed by atoms with van der Waals surface area (Å²) in [5.41, 5.74) is 6.58. The molecule has 1 atom stereocenters. The number of primary amides is 1. The van der Waals surface area contributed by atoms with E-state index in [2.05, 4.69) is 18.2 Å². The SMILES string of the molecule is CC(C)C(C(N)=O)N(C)c1cccc2ccccc12. The van der Waals surface area contributed by atoms with Crippen LogP contribution in [0.1, 0.15) is 13.8 Å². The van der Waals surface area contributed by atoms with Gasteiger partial charge < -0.3 is 10.6 Å². The fourth-order valence-electron chi connectivity index (χ4n) is 2.63. The Morgan fingerprint density at radius 1 is 1.11 bits per heavy atom. The predicted octanol–water partition coefficient (Wildman–Crippen LogP) is 2.79. The third-order valence-corrected chi connectivity index (χ3v) is 3.49. The molecule has 3 heteroatoms. The number of amides is 1. The Morgan fingerprint density at radius 3 is 2.37 bits per heavy atom. The average Bonchev–Trinajstić information content (AvgIpc) is 2.37. The van der Waals surface area contributed by atoms with Crippen molar-refractivity contribution in [2.45, 2.75) is 19.9 Å². The van der Waals surface area contributed by atoms with Gasteiger partial charge in [0.15, 0.2) is 0 Å². The van der Waals surface area contributed by atoms with Gasteiger partial charge in [-0.05, 0) is 17.4 Å². The van der Waals surface area contributed by atoms with Crippen LogP contribution in [0.15, 0.2) is 42.5 Å². The van der Waals surface area contributed by atoms with Crippen LogP contribution in [-0.4, -0.2) is 19.0 Å². The quantitative estimate of drug-likeness (QED) is 0.914. The van der Waals surface area contributed by atoms with E-state index < -0.39 is 0 Å². The first-order chi connectivity index (χ1) is 9.02. The van der Waals surface area contributed by atoms with Gasteiger partial charge in [0.1, 0.15) is 6.04 Å². The Hall–Kier alpha value is -2.03. The molecule has 0 bridgehead atoms. The van der Waals surface area contributed by atoms with Crippen molar-refractivity contribution in [1.29, 1.82) is 0 Å². The number of carbonyl (C=O) groups excluding carboxylic acids is 1. The maximum atomic E-state index is 11.7. The van der Waals surface area contributed by atoms with E-state index >= 15 is 0 Å². The highest BCUT2D eigenvalue weighted by atomic mass is 16.1. The third-order valence-electron chi connectivity index (χ3n) is 3.49. The van der Waals surface area contributed by atoms with Crippen molar-refractivity contribution < 1.29 is 4.79 Å². The molecule has 0 saturated heterocycles. The minimum atomic E-state index is -0.300. The number of likely N-dealkylation sites (N-methyl/N-ethyl adjacent to an activating group) is 1. The van der Waals surface area contributed by atoms with Crippen LogP contribution < -0.4 is 10.6 Å². The van der Waals surface area contributed by atoms with Gasteiger partial charge in [-0.2, -0.15) is 0 Å². The predicted molar refractivity (Wildman–Crippen MR) is 80.2 cm³/mol. The minimum Gasteiger partial charge on any atom is -0.368 e. The van der Waals surface area contributed by atoms with Crippen LogP contribution in [0, 0.1) is 5.92 Å².